The predicted octanol–water partition coefficient (Wildman–Crippen LogP) is 17.9. The fourth-order valence-electron chi connectivity index (χ4n) is 4.83. The largest absolute Gasteiger partial charge is 0.264 e. The lowest BCUT2D eigenvalue weighted by Crippen LogP contribution is -1.97. The molecule has 12 nitrogen and oxygen atoms in total. The minimum absolute atomic E-state index is 0.734. The molecule has 8 rings (SSSR count). The van der Waals surface area contributed by atoms with Crippen LogP contribution in [-0.2, 0) is 0 Å². The zero-order valence-corrected chi connectivity index (χ0v) is 54.8. The molecule has 0 aliphatic heterocycles. The van der Waals surface area contributed by atoms with Crippen molar-refractivity contribution in [2.75, 3.05) is 0 Å². The molecule has 78 heavy (non-hydrogen) atoms. The van der Waals surface area contributed by atoms with Crippen molar-refractivity contribution in [3.63, 3.8) is 0 Å². The zero-order valence-electron chi connectivity index (χ0n) is 54.8. The summed E-state index contributed by atoms with van der Waals surface area (Å²) >= 11 is 0. The van der Waals surface area contributed by atoms with Gasteiger partial charge in [-0.1, -0.05) is 119 Å². The Morgan fingerprint density at radius 1 is 0.269 bits per heavy atom. The Hall–Kier alpha value is -7.08. The number of pyridine rings is 4. The molecule has 8 aromatic rings. The number of hydrogen-bond donors (Lipinski definition) is 0. The first kappa shape index (κ1) is 82.3. The Labute approximate surface area is 477 Å². The molecule has 0 radical (unpaired) electrons. The second-order valence-corrected chi connectivity index (χ2v) is 15.7. The van der Waals surface area contributed by atoms with Gasteiger partial charge in [-0.25, -0.2) is 19.9 Å². The summed E-state index contributed by atoms with van der Waals surface area (Å²) in [5.41, 5.74) is 16.6. The Morgan fingerprint density at radius 3 is 0.833 bits per heavy atom. The molecule has 7 aromatic heterocycles. The molecule has 0 unspecified atom stereocenters. The van der Waals surface area contributed by atoms with Crippen LogP contribution in [0.15, 0.2) is 110 Å². The smallest absolute Gasteiger partial charge is 0.148 e. The minimum atomic E-state index is 0.734. The lowest BCUT2D eigenvalue weighted by Gasteiger charge is -1.94. The Bertz CT molecular complexity index is 2190. The fourth-order valence-corrected chi connectivity index (χ4v) is 4.83. The first-order chi connectivity index (χ1) is 37.2. The van der Waals surface area contributed by atoms with Gasteiger partial charge in [-0.2, -0.15) is 15.3 Å². The Balaban J connectivity index is -0.000000185. The van der Waals surface area contributed by atoms with Gasteiger partial charge >= 0.3 is 0 Å². The summed E-state index contributed by atoms with van der Waals surface area (Å²) in [5, 5.41) is 15.2. The van der Waals surface area contributed by atoms with E-state index in [0.717, 1.165) is 57.3 Å². The standard InChI is InChI=1S/C8H10.4C7H9N.2C6H9N3.C6H8N2.6C2H6/c1-7-5-3-4-6-8(7)2;2*1-6-3-4-8-5-7(6)2;2*1-6-4-3-5-8-7(6)2;1-4-7-5(2)9-6(3)8-4;1-4-5(2)8-9-6(3)7-4;1-5-3-6(2)8-7-4-5;6*1-2/h3-6H,1-2H3;4*3-5H,1-2H3;2*1-3H3;3-4H,1-2H3;6*1-2H3. The highest BCUT2D eigenvalue weighted by Crippen LogP contribution is 2.04. The molecule has 0 spiro atoms. The summed E-state index contributed by atoms with van der Waals surface area (Å²) < 4.78 is 0. The van der Waals surface area contributed by atoms with Crippen molar-refractivity contribution < 1.29 is 0 Å². The van der Waals surface area contributed by atoms with Crippen LogP contribution in [0.3, 0.4) is 0 Å². The Kier molecular flexibility index (Phi) is 59.2. The van der Waals surface area contributed by atoms with Gasteiger partial charge in [0.1, 0.15) is 23.3 Å². The first-order valence-corrected chi connectivity index (χ1v) is 27.8. The fraction of sp³-hybridized carbons (Fsp3) is 0.455. The third-order valence-electron chi connectivity index (χ3n) is 9.65. The average molecular weight is 1070 g/mol. The van der Waals surface area contributed by atoms with E-state index in [1.807, 2.05) is 220 Å². The molecule has 0 aliphatic rings. The highest BCUT2D eigenvalue weighted by atomic mass is 15.2. The zero-order chi connectivity index (χ0) is 61.6. The number of nitrogens with zero attached hydrogens (tertiary/aromatic N) is 12. The summed E-state index contributed by atoms with van der Waals surface area (Å²) in [6, 6.07) is 22.4. The van der Waals surface area contributed by atoms with Crippen molar-refractivity contribution in [1.82, 2.24) is 60.3 Å². The molecule has 0 aliphatic carbocycles. The van der Waals surface area contributed by atoms with Gasteiger partial charge < -0.3 is 0 Å². The maximum Gasteiger partial charge on any atom is 0.148 e. The van der Waals surface area contributed by atoms with Gasteiger partial charge in [0.25, 0.3) is 0 Å². The second kappa shape index (κ2) is 56.1. The predicted molar refractivity (Wildman–Crippen MR) is 338 cm³/mol. The van der Waals surface area contributed by atoms with Crippen LogP contribution in [0.5, 0.6) is 0 Å². The van der Waals surface area contributed by atoms with E-state index in [0.29, 0.717) is 0 Å². The van der Waals surface area contributed by atoms with E-state index >= 15 is 0 Å². The maximum absolute atomic E-state index is 4.10. The maximum atomic E-state index is 4.10. The molecule has 1 aromatic carbocycles. The molecular formula is C66H108N12. The van der Waals surface area contributed by atoms with E-state index in [-0.39, 0.29) is 0 Å². The molecule has 12 heteroatoms. The summed E-state index contributed by atoms with van der Waals surface area (Å²) in [4.78, 5) is 32.2. The van der Waals surface area contributed by atoms with Gasteiger partial charge in [0, 0.05) is 48.6 Å². The quantitative estimate of drug-likeness (QED) is 0.142. The van der Waals surface area contributed by atoms with E-state index in [1.54, 1.807) is 6.20 Å². The molecule has 7 heterocycles. The van der Waals surface area contributed by atoms with E-state index in [1.165, 1.54) is 44.5 Å². The van der Waals surface area contributed by atoms with Gasteiger partial charge in [-0.15, -0.1) is 5.10 Å². The molecule has 0 amide bonds. The van der Waals surface area contributed by atoms with Crippen LogP contribution in [0.4, 0.5) is 0 Å². The van der Waals surface area contributed by atoms with Crippen molar-refractivity contribution >= 4 is 0 Å². The van der Waals surface area contributed by atoms with E-state index in [4.69, 9.17) is 0 Å². The molecular weight excluding hydrogens is 961 g/mol. The topological polar surface area (TPSA) is 155 Å². The van der Waals surface area contributed by atoms with Crippen LogP contribution in [0.2, 0.25) is 0 Å². The molecule has 0 saturated heterocycles. The number of hydrogen-bond acceptors (Lipinski definition) is 12. The SMILES string of the molecule is CC.CC.CC.CC.CC.CC.Cc1ccccc1C.Cc1cccnc1C.Cc1cccnc1C.Cc1ccncc1C.Cc1ccncc1C.Cc1cnnc(C)c1.Cc1nc(C)nc(C)n1.Cc1nnc(C)c(C)n1. The van der Waals surface area contributed by atoms with Crippen molar-refractivity contribution in [2.45, 2.75) is 208 Å². The molecule has 0 fully saturated rings. The summed E-state index contributed by atoms with van der Waals surface area (Å²) in [5.74, 6) is 3.11. The average Bonchev–Trinajstić information content (AvgIpc) is 3.44. The van der Waals surface area contributed by atoms with Crippen LogP contribution in [0.1, 0.15) is 185 Å². The van der Waals surface area contributed by atoms with Crippen LogP contribution < -0.4 is 0 Å². The normalized spacial score (nSPS) is 8.38. The van der Waals surface area contributed by atoms with Gasteiger partial charge in [0.2, 0.25) is 0 Å². The monoisotopic (exact) mass is 1070 g/mol. The minimum Gasteiger partial charge on any atom is -0.264 e. The second-order valence-electron chi connectivity index (χ2n) is 15.7. The molecule has 0 N–H and O–H groups in total. The summed E-state index contributed by atoms with van der Waals surface area (Å²) in [6.45, 7) is 59.8. The Morgan fingerprint density at radius 2 is 0.615 bits per heavy atom. The van der Waals surface area contributed by atoms with E-state index in [2.05, 4.69) is 152 Å². The van der Waals surface area contributed by atoms with Crippen molar-refractivity contribution in [1.29, 1.82) is 0 Å². The number of aryl methyl sites for hydroxylation is 18. The molecule has 0 saturated carbocycles. The van der Waals surface area contributed by atoms with Gasteiger partial charge in [-0.05, 0) is 205 Å². The number of rotatable bonds is 0. The molecule has 0 bridgehead atoms. The third-order valence-corrected chi connectivity index (χ3v) is 9.65. The van der Waals surface area contributed by atoms with Crippen LogP contribution >= 0.6 is 0 Å². The van der Waals surface area contributed by atoms with Gasteiger partial charge in [0.15, 0.2) is 0 Å². The highest BCUT2D eigenvalue weighted by Gasteiger charge is 1.95. The first-order valence-electron chi connectivity index (χ1n) is 27.8. The lowest BCUT2D eigenvalue weighted by molar-refractivity contribution is 0.848. The summed E-state index contributed by atoms with van der Waals surface area (Å²) in [7, 11) is 0. The van der Waals surface area contributed by atoms with Crippen molar-refractivity contribution in [2.24, 2.45) is 0 Å². The van der Waals surface area contributed by atoms with Crippen LogP contribution in [0, 0.1) is 125 Å². The molecule has 432 valence electrons. The molecule has 0 atom stereocenters. The van der Waals surface area contributed by atoms with Crippen molar-refractivity contribution in [3.8, 4) is 0 Å². The number of benzene rings is 1. The van der Waals surface area contributed by atoms with Gasteiger partial charge in [-0.3, -0.25) is 19.9 Å². The van der Waals surface area contributed by atoms with E-state index in [9.17, 15) is 0 Å². The van der Waals surface area contributed by atoms with E-state index < -0.39 is 0 Å². The summed E-state index contributed by atoms with van der Waals surface area (Å²) in [6.07, 6.45) is 12.7. The number of aromatic nitrogens is 12. The van der Waals surface area contributed by atoms with Crippen LogP contribution in [0.25, 0.3) is 0 Å². The van der Waals surface area contributed by atoms with Crippen LogP contribution in [-0.4, -0.2) is 60.3 Å². The van der Waals surface area contributed by atoms with Gasteiger partial charge in [0.05, 0.1) is 23.3 Å². The lowest BCUT2D eigenvalue weighted by atomic mass is 10.1. The highest BCUT2D eigenvalue weighted by molar-refractivity contribution is 5.23. The third kappa shape index (κ3) is 46.2. The van der Waals surface area contributed by atoms with Crippen molar-refractivity contribution in [3.05, 3.63) is 212 Å².